The fraction of sp³-hybridized carbons (Fsp3) is 0.690. The third-order valence-corrected chi connectivity index (χ3v) is 8.55. The van der Waals surface area contributed by atoms with Crippen LogP contribution in [0.2, 0.25) is 0 Å². The number of halogens is 14. The van der Waals surface area contributed by atoms with E-state index in [1.165, 1.54) is 0 Å². The molecule has 0 aromatic rings. The number of rotatable bonds is 14. The maximum absolute atomic E-state index is 17.0. The van der Waals surface area contributed by atoms with Gasteiger partial charge >= 0.3 is 70.8 Å². The van der Waals surface area contributed by atoms with Crippen molar-refractivity contribution < 1.29 is 99.5 Å². The predicted molar refractivity (Wildman–Crippen MR) is 139 cm³/mol. The molecule has 4 saturated carbocycles. The highest BCUT2D eigenvalue weighted by Gasteiger charge is 3.23. The first-order chi connectivity index (χ1) is 22.8. The van der Waals surface area contributed by atoms with Gasteiger partial charge in [0.05, 0.1) is 6.42 Å². The van der Waals surface area contributed by atoms with Crippen LogP contribution in [0.4, 0.5) is 61.5 Å². The van der Waals surface area contributed by atoms with Gasteiger partial charge in [0.25, 0.3) is 11.2 Å². The van der Waals surface area contributed by atoms with Gasteiger partial charge in [-0.15, -0.1) is 0 Å². The van der Waals surface area contributed by atoms with Gasteiger partial charge in [0.2, 0.25) is 6.29 Å². The van der Waals surface area contributed by atoms with Crippen LogP contribution < -0.4 is 0 Å². The molecule has 8 nitrogen and oxygen atoms in total. The van der Waals surface area contributed by atoms with Crippen molar-refractivity contribution >= 4 is 17.9 Å². The van der Waals surface area contributed by atoms with E-state index < -0.39 is 125 Å². The molecule has 4 aliphatic carbocycles. The van der Waals surface area contributed by atoms with E-state index in [0.29, 0.717) is 13.8 Å². The third kappa shape index (κ3) is 4.31. The quantitative estimate of drug-likeness (QED) is 0.0786. The summed E-state index contributed by atoms with van der Waals surface area (Å²) in [6.45, 7) is 12.0. The molecule has 0 amide bonds. The number of carbonyl (C=O) groups is 3. The van der Waals surface area contributed by atoms with Gasteiger partial charge in [0.1, 0.15) is 0 Å². The van der Waals surface area contributed by atoms with E-state index in [2.05, 4.69) is 43.4 Å². The highest BCUT2D eigenvalue weighted by atomic mass is 19.3. The maximum atomic E-state index is 17.0. The number of carbonyl (C=O) groups excluding carboxylic acids is 3. The highest BCUT2D eigenvalue weighted by molar-refractivity contribution is 5.89. The van der Waals surface area contributed by atoms with Gasteiger partial charge in [0, 0.05) is 23.6 Å². The average Bonchev–Trinajstić information content (AvgIpc) is 2.98. The summed E-state index contributed by atoms with van der Waals surface area (Å²) < 4.78 is 249. The van der Waals surface area contributed by atoms with Crippen LogP contribution in [0.3, 0.4) is 0 Å². The molecule has 0 saturated heterocycles. The molecule has 290 valence electrons. The summed E-state index contributed by atoms with van der Waals surface area (Å²) in [5.74, 6) is -58.3. The first-order valence-corrected chi connectivity index (χ1v) is 14.4. The Bertz CT molecular complexity index is 1460. The molecule has 3 unspecified atom stereocenters. The second-order valence-electron chi connectivity index (χ2n) is 12.0. The standard InChI is InChI=1S/C29H28F14O8/c1-8-11-16(47-15(44)10-3)48-22-25(34,35)20(30)24(32,33)21(31,26(22,36)37)28(40,41)23(27(20,38)39,29(22,42)43)51-19(12-9-2,49-17(45)13(4)5)50-18(46)14(6)7/h10,16H,3-4,6,8-9,11-12H2,1-2,5,7H3. The zero-order chi connectivity index (χ0) is 40.0. The fourth-order valence-electron chi connectivity index (χ4n) is 6.20. The van der Waals surface area contributed by atoms with Crippen LogP contribution in [-0.2, 0) is 38.1 Å². The van der Waals surface area contributed by atoms with Gasteiger partial charge in [-0.2, -0.15) is 52.7 Å². The van der Waals surface area contributed by atoms with Crippen LogP contribution >= 0.6 is 0 Å². The summed E-state index contributed by atoms with van der Waals surface area (Å²) in [6.07, 6.45) is -7.96. The summed E-state index contributed by atoms with van der Waals surface area (Å²) in [5.41, 5.74) is -32.4. The van der Waals surface area contributed by atoms with Crippen LogP contribution in [0.25, 0.3) is 0 Å². The Morgan fingerprint density at radius 1 is 0.647 bits per heavy atom. The van der Waals surface area contributed by atoms with Crippen molar-refractivity contribution in [1.29, 1.82) is 0 Å². The first-order valence-electron chi connectivity index (χ1n) is 14.4. The molecule has 51 heavy (non-hydrogen) atoms. The van der Waals surface area contributed by atoms with Gasteiger partial charge in [-0.1, -0.05) is 40.0 Å². The van der Waals surface area contributed by atoms with Crippen molar-refractivity contribution in [3.63, 3.8) is 0 Å². The van der Waals surface area contributed by atoms with E-state index in [1.807, 2.05) is 0 Å². The van der Waals surface area contributed by atoms with E-state index >= 15 is 61.5 Å². The molecule has 4 fully saturated rings. The molecule has 3 atom stereocenters. The van der Waals surface area contributed by atoms with Crippen molar-refractivity contribution in [3.8, 4) is 0 Å². The summed E-state index contributed by atoms with van der Waals surface area (Å²) in [7, 11) is 0. The molecule has 0 aromatic carbocycles. The molecular weight excluding hydrogens is 742 g/mol. The SMILES string of the molecule is C=CC(=O)OC(CCC)OC12C(F)(F)C3(F)C(F)(F)C(F)(C1(F)F)C(F)(F)C(OC(CCC)(OC(=O)C(=C)C)OC(=O)C(=C)C)(C3(F)F)C2(F)F. The molecule has 0 radical (unpaired) electrons. The molecule has 22 heteroatoms. The Morgan fingerprint density at radius 3 is 1.37 bits per heavy atom. The highest BCUT2D eigenvalue weighted by Crippen LogP contribution is 2.89. The van der Waals surface area contributed by atoms with Crippen LogP contribution in [-0.4, -0.2) is 88.2 Å². The molecule has 4 rings (SSSR count). The van der Waals surface area contributed by atoms with Crippen LogP contribution in [0, 0.1) is 0 Å². The summed E-state index contributed by atoms with van der Waals surface area (Å²) >= 11 is 0. The van der Waals surface area contributed by atoms with Crippen molar-refractivity contribution in [2.45, 2.75) is 124 Å². The second-order valence-corrected chi connectivity index (χ2v) is 12.0. The molecular formula is C29H28F14O8. The lowest BCUT2D eigenvalue weighted by atomic mass is 9.39. The molecule has 4 bridgehead atoms. The predicted octanol–water partition coefficient (Wildman–Crippen LogP) is 7.31. The molecule has 0 aromatic heterocycles. The Morgan fingerprint density at radius 2 is 1.04 bits per heavy atom. The Balaban J connectivity index is 2.70. The Kier molecular flexibility index (Phi) is 9.71. The Hall–Kier alpha value is -3.43. The van der Waals surface area contributed by atoms with E-state index in [0.717, 1.165) is 13.8 Å². The summed E-state index contributed by atoms with van der Waals surface area (Å²) in [5, 5.41) is 0. The van der Waals surface area contributed by atoms with Gasteiger partial charge in [-0.25, -0.2) is 23.2 Å². The van der Waals surface area contributed by atoms with E-state index in [4.69, 9.17) is 0 Å². The first kappa shape index (κ1) is 42.0. The molecule has 0 N–H and O–H groups in total. The maximum Gasteiger partial charge on any atom is 0.377 e. The zero-order valence-electron chi connectivity index (χ0n) is 26.7. The van der Waals surface area contributed by atoms with Crippen LogP contribution in [0.1, 0.15) is 53.4 Å². The summed E-state index contributed by atoms with van der Waals surface area (Å²) in [4.78, 5) is 36.9. The number of hydrogen-bond acceptors (Lipinski definition) is 8. The van der Waals surface area contributed by atoms with Crippen molar-refractivity contribution in [2.24, 2.45) is 0 Å². The lowest BCUT2D eigenvalue weighted by Crippen LogP contribution is -3.11. The average molecular weight is 771 g/mol. The number of alkyl halides is 14. The fourth-order valence-corrected chi connectivity index (χ4v) is 6.20. The zero-order valence-corrected chi connectivity index (χ0v) is 26.7. The van der Waals surface area contributed by atoms with E-state index in [1.54, 1.807) is 0 Å². The largest absolute Gasteiger partial charge is 0.433 e. The van der Waals surface area contributed by atoms with Crippen LogP contribution in [0.5, 0.6) is 0 Å². The van der Waals surface area contributed by atoms with E-state index in [9.17, 15) is 14.4 Å². The lowest BCUT2D eigenvalue weighted by molar-refractivity contribution is -0.647. The molecule has 0 spiro atoms. The second kappa shape index (κ2) is 11.8. The number of ether oxygens (including phenoxy) is 5. The van der Waals surface area contributed by atoms with Crippen molar-refractivity contribution in [3.05, 3.63) is 37.0 Å². The van der Waals surface area contributed by atoms with Crippen LogP contribution in [0.15, 0.2) is 37.0 Å². The van der Waals surface area contributed by atoms with Gasteiger partial charge in [-0.05, 0) is 20.3 Å². The topological polar surface area (TPSA) is 97.4 Å². The molecule has 0 heterocycles. The van der Waals surface area contributed by atoms with E-state index in [-0.39, 0.29) is 6.08 Å². The minimum Gasteiger partial charge on any atom is -0.433 e. The number of hydrogen-bond donors (Lipinski definition) is 0. The molecule has 4 aliphatic rings. The van der Waals surface area contributed by atoms with Gasteiger partial charge in [-0.3, -0.25) is 4.74 Å². The summed E-state index contributed by atoms with van der Waals surface area (Å²) in [6, 6.07) is 0. The van der Waals surface area contributed by atoms with Crippen molar-refractivity contribution in [2.75, 3.05) is 0 Å². The lowest BCUT2D eigenvalue weighted by Gasteiger charge is -2.76. The third-order valence-electron chi connectivity index (χ3n) is 8.55. The van der Waals surface area contributed by atoms with Gasteiger partial charge in [0.15, 0.2) is 0 Å². The van der Waals surface area contributed by atoms with Crippen molar-refractivity contribution in [1.82, 2.24) is 0 Å². The Labute approximate surface area is 278 Å². The molecule has 0 aliphatic heterocycles. The minimum atomic E-state index is -8.05. The smallest absolute Gasteiger partial charge is 0.377 e. The number of esters is 3. The minimum absolute atomic E-state index is 0.0967. The normalized spacial score (nSPS) is 33.5. The van der Waals surface area contributed by atoms with Gasteiger partial charge < -0.3 is 18.9 Å². The monoisotopic (exact) mass is 770 g/mol.